The van der Waals surface area contributed by atoms with Gasteiger partial charge in [0.1, 0.15) is 0 Å². The quantitative estimate of drug-likeness (QED) is 0.837. The summed E-state index contributed by atoms with van der Waals surface area (Å²) in [5.41, 5.74) is 3.85. The molecule has 0 aliphatic rings. The molecule has 0 aromatic heterocycles. The molecule has 4 nitrogen and oxygen atoms in total. The fourth-order valence-electron chi connectivity index (χ4n) is 2.59. The highest BCUT2D eigenvalue weighted by Crippen LogP contribution is 2.19. The number of amides is 1. The van der Waals surface area contributed by atoms with Crippen molar-refractivity contribution in [2.75, 3.05) is 26.8 Å². The van der Waals surface area contributed by atoms with Gasteiger partial charge in [-0.25, -0.2) is 0 Å². The first kappa shape index (κ1) is 17.7. The van der Waals surface area contributed by atoms with Gasteiger partial charge in [-0.15, -0.1) is 0 Å². The summed E-state index contributed by atoms with van der Waals surface area (Å²) in [6, 6.07) is 4.17. The van der Waals surface area contributed by atoms with E-state index >= 15 is 0 Å². The zero-order valence-corrected chi connectivity index (χ0v) is 13.7. The van der Waals surface area contributed by atoms with Crippen molar-refractivity contribution in [2.45, 2.75) is 34.1 Å². The zero-order chi connectivity index (χ0) is 16.2. The molecule has 1 rings (SSSR count). The number of nitrogens with zero attached hydrogens (tertiary/aromatic N) is 1. The molecule has 0 saturated carbocycles. The summed E-state index contributed by atoms with van der Waals surface area (Å²) in [5, 5.41) is 18.7. The molecule has 118 valence electrons. The van der Waals surface area contributed by atoms with Crippen LogP contribution in [0.3, 0.4) is 0 Å². The average molecular weight is 293 g/mol. The van der Waals surface area contributed by atoms with Gasteiger partial charge in [0, 0.05) is 19.0 Å². The van der Waals surface area contributed by atoms with Crippen molar-refractivity contribution >= 4 is 5.91 Å². The molecule has 0 aliphatic carbocycles. The second kappa shape index (κ2) is 7.05. The lowest BCUT2D eigenvalue weighted by atomic mass is 9.92. The summed E-state index contributed by atoms with van der Waals surface area (Å²) in [4.78, 5) is 14.0. The topological polar surface area (TPSA) is 60.8 Å². The Morgan fingerprint density at radius 1 is 1.14 bits per heavy atom. The second-order valence-corrected chi connectivity index (χ2v) is 6.43. The number of aliphatic hydroxyl groups excluding tert-OH is 2. The number of benzene rings is 1. The summed E-state index contributed by atoms with van der Waals surface area (Å²) < 4.78 is 0. The van der Waals surface area contributed by atoms with Crippen molar-refractivity contribution in [3.05, 3.63) is 34.4 Å². The molecule has 0 spiro atoms. The third kappa shape index (κ3) is 4.55. The molecule has 1 aromatic carbocycles. The first-order valence-electron chi connectivity index (χ1n) is 7.25. The minimum absolute atomic E-state index is 0.00169. The molecule has 0 aliphatic heterocycles. The van der Waals surface area contributed by atoms with Crippen LogP contribution in [0.1, 0.15) is 29.2 Å². The van der Waals surface area contributed by atoms with Gasteiger partial charge in [0.15, 0.2) is 0 Å². The molecule has 21 heavy (non-hydrogen) atoms. The van der Waals surface area contributed by atoms with E-state index in [0.29, 0.717) is 13.0 Å². The Bertz CT molecular complexity index is 484. The number of aryl methyl sites for hydroxylation is 3. The summed E-state index contributed by atoms with van der Waals surface area (Å²) in [6.45, 7) is 7.89. The maximum atomic E-state index is 12.4. The van der Waals surface area contributed by atoms with Crippen LogP contribution < -0.4 is 0 Å². The molecule has 2 N–H and O–H groups in total. The highest BCUT2D eigenvalue weighted by molar-refractivity contribution is 5.79. The van der Waals surface area contributed by atoms with E-state index < -0.39 is 5.41 Å². The first-order chi connectivity index (χ1) is 9.72. The predicted octanol–water partition coefficient (Wildman–Crippen LogP) is 1.60. The van der Waals surface area contributed by atoms with Crippen LogP contribution in [0.5, 0.6) is 0 Å². The molecule has 0 heterocycles. The summed E-state index contributed by atoms with van der Waals surface area (Å²) in [6.07, 6.45) is 0.349. The molecule has 4 heteroatoms. The van der Waals surface area contributed by atoms with Crippen molar-refractivity contribution in [1.82, 2.24) is 4.90 Å². The van der Waals surface area contributed by atoms with Crippen LogP contribution in [0, 0.1) is 26.2 Å². The maximum Gasteiger partial charge on any atom is 0.226 e. The number of hydrogen-bond acceptors (Lipinski definition) is 3. The Hall–Kier alpha value is -1.39. The van der Waals surface area contributed by atoms with E-state index in [4.69, 9.17) is 0 Å². The lowest BCUT2D eigenvalue weighted by molar-refractivity contribution is -0.131. The predicted molar refractivity (Wildman–Crippen MR) is 84.3 cm³/mol. The van der Waals surface area contributed by atoms with Gasteiger partial charge in [-0.1, -0.05) is 24.6 Å². The Morgan fingerprint density at radius 2 is 1.62 bits per heavy atom. The maximum absolute atomic E-state index is 12.4. The molecule has 1 aromatic rings. The van der Waals surface area contributed by atoms with Gasteiger partial charge in [-0.3, -0.25) is 4.79 Å². The lowest BCUT2D eigenvalue weighted by Gasteiger charge is -2.30. The van der Waals surface area contributed by atoms with Crippen LogP contribution in [0.25, 0.3) is 0 Å². The smallest absolute Gasteiger partial charge is 0.226 e. The van der Waals surface area contributed by atoms with Crippen molar-refractivity contribution < 1.29 is 15.0 Å². The molecule has 1 amide bonds. The highest BCUT2D eigenvalue weighted by Gasteiger charge is 2.26. The van der Waals surface area contributed by atoms with Crippen LogP contribution >= 0.6 is 0 Å². The van der Waals surface area contributed by atoms with E-state index in [1.54, 1.807) is 18.9 Å². The van der Waals surface area contributed by atoms with Gasteiger partial charge in [0.05, 0.1) is 19.6 Å². The SMILES string of the molecule is Cc1cc(C)c(CC(=O)N(C)CC(C)(CO)CO)c(C)c1. The highest BCUT2D eigenvalue weighted by atomic mass is 16.3. The van der Waals surface area contributed by atoms with E-state index in [2.05, 4.69) is 12.1 Å². The molecular formula is C17H27NO3. The fourth-order valence-corrected chi connectivity index (χ4v) is 2.59. The van der Waals surface area contributed by atoms with Gasteiger partial charge in [0.2, 0.25) is 5.91 Å². The molecule has 0 atom stereocenters. The van der Waals surface area contributed by atoms with Crippen LogP contribution in [0.2, 0.25) is 0 Å². The standard InChI is InChI=1S/C17H27NO3/c1-12-6-13(2)15(14(3)7-12)8-16(21)18(5)9-17(4,10-19)11-20/h6-7,19-20H,8-11H2,1-5H3. The number of aliphatic hydroxyl groups is 2. The molecule has 0 bridgehead atoms. The van der Waals surface area contributed by atoms with Crippen molar-refractivity contribution in [1.29, 1.82) is 0 Å². The van der Waals surface area contributed by atoms with E-state index in [9.17, 15) is 15.0 Å². The van der Waals surface area contributed by atoms with Gasteiger partial charge < -0.3 is 15.1 Å². The van der Waals surface area contributed by atoms with Gasteiger partial charge in [-0.2, -0.15) is 0 Å². The average Bonchev–Trinajstić information content (AvgIpc) is 2.42. The first-order valence-corrected chi connectivity index (χ1v) is 7.25. The minimum Gasteiger partial charge on any atom is -0.396 e. The fraction of sp³-hybridized carbons (Fsp3) is 0.588. The second-order valence-electron chi connectivity index (χ2n) is 6.43. The molecular weight excluding hydrogens is 266 g/mol. The Balaban J connectivity index is 2.82. The molecule has 0 unspecified atom stereocenters. The number of hydrogen-bond donors (Lipinski definition) is 2. The normalized spacial score (nSPS) is 11.6. The van der Waals surface area contributed by atoms with Crippen molar-refractivity contribution in [3.8, 4) is 0 Å². The number of carbonyl (C=O) groups excluding carboxylic acids is 1. The largest absolute Gasteiger partial charge is 0.396 e. The minimum atomic E-state index is -0.665. The van der Waals surface area contributed by atoms with Gasteiger partial charge in [-0.05, 0) is 37.5 Å². The van der Waals surface area contributed by atoms with Crippen LogP contribution in [-0.2, 0) is 11.2 Å². The third-order valence-corrected chi connectivity index (χ3v) is 3.98. The molecule has 0 saturated heterocycles. The zero-order valence-electron chi connectivity index (χ0n) is 13.7. The Kier molecular flexibility index (Phi) is 5.93. The van der Waals surface area contributed by atoms with Crippen LogP contribution in [0.15, 0.2) is 12.1 Å². The summed E-state index contributed by atoms with van der Waals surface area (Å²) in [7, 11) is 1.71. The van der Waals surface area contributed by atoms with E-state index in [1.807, 2.05) is 20.8 Å². The monoisotopic (exact) mass is 293 g/mol. The van der Waals surface area contributed by atoms with Crippen LogP contribution in [-0.4, -0.2) is 47.8 Å². The van der Waals surface area contributed by atoms with Gasteiger partial charge >= 0.3 is 0 Å². The van der Waals surface area contributed by atoms with E-state index in [-0.39, 0.29) is 19.1 Å². The van der Waals surface area contributed by atoms with E-state index in [1.165, 1.54) is 5.56 Å². The Morgan fingerprint density at radius 3 is 2.05 bits per heavy atom. The van der Waals surface area contributed by atoms with Crippen molar-refractivity contribution in [3.63, 3.8) is 0 Å². The molecule has 0 radical (unpaired) electrons. The van der Waals surface area contributed by atoms with E-state index in [0.717, 1.165) is 16.7 Å². The lowest BCUT2D eigenvalue weighted by Crippen LogP contribution is -2.42. The summed E-state index contributed by atoms with van der Waals surface area (Å²) >= 11 is 0. The number of carbonyl (C=O) groups is 1. The summed E-state index contributed by atoms with van der Waals surface area (Å²) in [5.74, 6) is -0.00169. The molecule has 0 fully saturated rings. The third-order valence-electron chi connectivity index (χ3n) is 3.98. The van der Waals surface area contributed by atoms with Gasteiger partial charge in [0.25, 0.3) is 0 Å². The Labute approximate surface area is 127 Å². The van der Waals surface area contributed by atoms with Crippen molar-refractivity contribution in [2.24, 2.45) is 5.41 Å². The number of rotatable bonds is 6. The number of likely N-dealkylation sites (N-methyl/N-ethyl adjacent to an activating group) is 1. The van der Waals surface area contributed by atoms with Crippen LogP contribution in [0.4, 0.5) is 0 Å².